The van der Waals surface area contributed by atoms with Gasteiger partial charge in [0, 0.05) is 18.7 Å². The fourth-order valence-corrected chi connectivity index (χ4v) is 5.32. The molecule has 1 unspecified atom stereocenters. The van der Waals surface area contributed by atoms with Gasteiger partial charge >= 0.3 is 0 Å². The second-order valence-electron chi connectivity index (χ2n) is 11.3. The summed E-state index contributed by atoms with van der Waals surface area (Å²) in [7, 11) is -1.69. The van der Waals surface area contributed by atoms with Crippen molar-refractivity contribution in [2.45, 2.75) is 76.9 Å². The molecule has 1 amide bonds. The number of carbonyl (C=O) groups is 1. The van der Waals surface area contributed by atoms with Gasteiger partial charge in [0.25, 0.3) is 5.91 Å². The van der Waals surface area contributed by atoms with Gasteiger partial charge in [0.15, 0.2) is 13.4 Å². The highest BCUT2D eigenvalue weighted by molar-refractivity contribution is 7.80. The summed E-state index contributed by atoms with van der Waals surface area (Å²) in [5.74, 6) is 1.23. The highest BCUT2D eigenvalue weighted by Gasteiger charge is 2.37. The SMILES string of the molecule is CC(C)(C)[Si](C)(C)OCCc1ccc(C(CCCNC(=S)NC(=O)c2ccccc2)C2CC2)cc1. The molecule has 6 heteroatoms. The molecule has 2 aromatic carbocycles. The van der Waals surface area contributed by atoms with Crippen molar-refractivity contribution in [1.82, 2.24) is 10.6 Å². The van der Waals surface area contributed by atoms with E-state index in [1.165, 1.54) is 24.0 Å². The minimum atomic E-state index is -1.69. The highest BCUT2D eigenvalue weighted by atomic mass is 32.1. The molecule has 1 atom stereocenters. The van der Waals surface area contributed by atoms with E-state index in [1.54, 1.807) is 12.1 Å². The van der Waals surface area contributed by atoms with Gasteiger partial charge in [-0.15, -0.1) is 0 Å². The average molecular weight is 511 g/mol. The smallest absolute Gasteiger partial charge is 0.257 e. The zero-order chi connectivity index (χ0) is 25.5. The standard InChI is InChI=1S/C29H42N2O2SSi/c1-29(2,3)35(4,5)33-21-19-22-13-15-23(16-14-22)26(24-17-18-24)12-9-20-30-28(34)31-27(32)25-10-7-6-8-11-25/h6-8,10-11,13-16,24,26H,9,12,17-21H2,1-5H3,(H2,30,31,32,34). The zero-order valence-corrected chi connectivity index (χ0v) is 23.8. The van der Waals surface area contributed by atoms with Gasteiger partial charge < -0.3 is 9.74 Å². The van der Waals surface area contributed by atoms with Crippen LogP contribution in [0.25, 0.3) is 0 Å². The van der Waals surface area contributed by atoms with Crippen molar-refractivity contribution in [2.24, 2.45) is 5.92 Å². The van der Waals surface area contributed by atoms with Crippen LogP contribution >= 0.6 is 12.2 Å². The normalized spacial score (nSPS) is 14.9. The maximum absolute atomic E-state index is 12.2. The van der Waals surface area contributed by atoms with Crippen LogP contribution < -0.4 is 10.6 Å². The summed E-state index contributed by atoms with van der Waals surface area (Å²) < 4.78 is 6.35. The molecule has 1 aliphatic carbocycles. The number of thiocarbonyl (C=S) groups is 1. The summed E-state index contributed by atoms with van der Waals surface area (Å²) in [6.45, 7) is 13.1. The number of hydrogen-bond acceptors (Lipinski definition) is 3. The number of rotatable bonds is 11. The Balaban J connectivity index is 1.42. The van der Waals surface area contributed by atoms with Gasteiger partial charge in [-0.05, 0) is 97.5 Å². The Morgan fingerprint density at radius 2 is 1.74 bits per heavy atom. The van der Waals surface area contributed by atoms with Crippen LogP contribution in [0.3, 0.4) is 0 Å². The Hall–Kier alpha value is -2.02. The van der Waals surface area contributed by atoms with Gasteiger partial charge in [-0.2, -0.15) is 0 Å². The molecule has 0 spiro atoms. The Bertz CT molecular complexity index is 966. The first kappa shape index (κ1) is 27.6. The lowest BCUT2D eigenvalue weighted by Gasteiger charge is -2.36. The number of benzene rings is 2. The van der Waals surface area contributed by atoms with E-state index in [1.807, 2.05) is 18.2 Å². The van der Waals surface area contributed by atoms with Crippen molar-refractivity contribution in [2.75, 3.05) is 13.2 Å². The molecular weight excluding hydrogens is 468 g/mol. The molecule has 1 aliphatic rings. The van der Waals surface area contributed by atoms with E-state index in [4.69, 9.17) is 16.6 Å². The lowest BCUT2D eigenvalue weighted by atomic mass is 9.89. The Labute approximate surface area is 218 Å². The Morgan fingerprint density at radius 1 is 1.09 bits per heavy atom. The molecule has 1 fully saturated rings. The maximum Gasteiger partial charge on any atom is 0.257 e. The van der Waals surface area contributed by atoms with E-state index < -0.39 is 8.32 Å². The van der Waals surface area contributed by atoms with Gasteiger partial charge in [0.2, 0.25) is 0 Å². The molecule has 2 N–H and O–H groups in total. The molecule has 4 nitrogen and oxygen atoms in total. The number of nitrogens with one attached hydrogen (secondary N) is 2. The van der Waals surface area contributed by atoms with Crippen molar-refractivity contribution in [3.8, 4) is 0 Å². The maximum atomic E-state index is 12.2. The second kappa shape index (κ2) is 12.3. The molecule has 0 saturated heterocycles. The third kappa shape index (κ3) is 8.55. The number of amides is 1. The fourth-order valence-electron chi connectivity index (χ4n) is 4.08. The van der Waals surface area contributed by atoms with E-state index in [2.05, 4.69) is 68.8 Å². The van der Waals surface area contributed by atoms with Crippen LogP contribution in [0.15, 0.2) is 54.6 Å². The quantitative estimate of drug-likeness (QED) is 0.198. The highest BCUT2D eigenvalue weighted by Crippen LogP contribution is 2.45. The van der Waals surface area contributed by atoms with Crippen molar-refractivity contribution in [3.63, 3.8) is 0 Å². The van der Waals surface area contributed by atoms with Crippen LogP contribution in [0.1, 0.15) is 73.9 Å². The fraction of sp³-hybridized carbons (Fsp3) is 0.517. The molecule has 2 aromatic rings. The lowest BCUT2D eigenvalue weighted by Crippen LogP contribution is -2.41. The summed E-state index contributed by atoms with van der Waals surface area (Å²) in [4.78, 5) is 12.2. The molecule has 0 aromatic heterocycles. The van der Waals surface area contributed by atoms with Gasteiger partial charge in [0.1, 0.15) is 0 Å². The van der Waals surface area contributed by atoms with Gasteiger partial charge in [-0.25, -0.2) is 0 Å². The minimum Gasteiger partial charge on any atom is -0.416 e. The zero-order valence-electron chi connectivity index (χ0n) is 22.0. The predicted molar refractivity (Wildman–Crippen MR) is 153 cm³/mol. The summed E-state index contributed by atoms with van der Waals surface area (Å²) in [5, 5.41) is 6.60. The molecular formula is C29H42N2O2SSi. The lowest BCUT2D eigenvalue weighted by molar-refractivity contribution is 0.0976. The first-order valence-corrected chi connectivity index (χ1v) is 16.3. The van der Waals surface area contributed by atoms with Gasteiger partial charge in [-0.1, -0.05) is 63.2 Å². The summed E-state index contributed by atoms with van der Waals surface area (Å²) in [5.41, 5.74) is 3.41. The minimum absolute atomic E-state index is 0.172. The van der Waals surface area contributed by atoms with E-state index in [0.29, 0.717) is 16.6 Å². The van der Waals surface area contributed by atoms with Crippen molar-refractivity contribution >= 4 is 31.6 Å². The molecule has 35 heavy (non-hydrogen) atoms. The molecule has 0 radical (unpaired) electrons. The largest absolute Gasteiger partial charge is 0.416 e. The summed E-state index contributed by atoms with van der Waals surface area (Å²) in [6.07, 6.45) is 5.76. The molecule has 190 valence electrons. The first-order valence-electron chi connectivity index (χ1n) is 12.9. The van der Waals surface area contributed by atoms with Crippen LogP contribution in [-0.4, -0.2) is 32.5 Å². The molecule has 1 saturated carbocycles. The molecule has 0 bridgehead atoms. The predicted octanol–water partition coefficient (Wildman–Crippen LogP) is 6.83. The van der Waals surface area contributed by atoms with Crippen LogP contribution in [0.5, 0.6) is 0 Å². The van der Waals surface area contributed by atoms with E-state index in [0.717, 1.165) is 38.3 Å². The van der Waals surface area contributed by atoms with E-state index >= 15 is 0 Å². The second-order valence-corrected chi connectivity index (χ2v) is 16.5. The van der Waals surface area contributed by atoms with Crippen LogP contribution in [0.4, 0.5) is 0 Å². The van der Waals surface area contributed by atoms with E-state index in [-0.39, 0.29) is 10.9 Å². The summed E-state index contributed by atoms with van der Waals surface area (Å²) in [6, 6.07) is 18.4. The number of hydrogen-bond donors (Lipinski definition) is 2. The average Bonchev–Trinajstić information content (AvgIpc) is 3.65. The van der Waals surface area contributed by atoms with Gasteiger partial charge in [-0.3, -0.25) is 10.1 Å². The first-order chi connectivity index (χ1) is 16.6. The third-order valence-electron chi connectivity index (χ3n) is 7.50. The summed E-state index contributed by atoms with van der Waals surface area (Å²) >= 11 is 5.31. The van der Waals surface area contributed by atoms with Crippen molar-refractivity contribution < 1.29 is 9.22 Å². The van der Waals surface area contributed by atoms with Crippen LogP contribution in [0.2, 0.25) is 18.1 Å². The third-order valence-corrected chi connectivity index (χ3v) is 12.3. The van der Waals surface area contributed by atoms with Crippen LogP contribution in [0, 0.1) is 5.92 Å². The molecule has 3 rings (SSSR count). The topological polar surface area (TPSA) is 50.4 Å². The van der Waals surface area contributed by atoms with Crippen molar-refractivity contribution in [3.05, 3.63) is 71.3 Å². The van der Waals surface area contributed by atoms with Crippen molar-refractivity contribution in [1.29, 1.82) is 0 Å². The molecule has 0 heterocycles. The van der Waals surface area contributed by atoms with Gasteiger partial charge in [0.05, 0.1) is 0 Å². The van der Waals surface area contributed by atoms with Crippen LogP contribution in [-0.2, 0) is 10.8 Å². The Kier molecular flexibility index (Phi) is 9.67. The number of carbonyl (C=O) groups excluding carboxylic acids is 1. The van der Waals surface area contributed by atoms with E-state index in [9.17, 15) is 4.79 Å². The molecule has 0 aliphatic heterocycles. The monoisotopic (exact) mass is 510 g/mol. The Morgan fingerprint density at radius 3 is 2.34 bits per heavy atom.